The monoisotopic (exact) mass is 466 g/mol. The van der Waals surface area contributed by atoms with E-state index in [1.807, 2.05) is 19.7 Å². The van der Waals surface area contributed by atoms with Crippen LogP contribution >= 0.6 is 41.2 Å². The summed E-state index contributed by atoms with van der Waals surface area (Å²) in [6.07, 6.45) is 29.0. The van der Waals surface area contributed by atoms with Crippen LogP contribution in [0, 0.1) is 0 Å². The molecule has 0 atom stereocenters. The first-order chi connectivity index (χ1) is 13.9. The molecule has 28 heavy (non-hydrogen) atoms. The highest BCUT2D eigenvalue weighted by atomic mass is 33.7. The number of rotatable bonds is 25. The summed E-state index contributed by atoms with van der Waals surface area (Å²) < 4.78 is 0. The zero-order valence-electron chi connectivity index (χ0n) is 19.2. The smallest absolute Gasteiger partial charge is 0.00454 e. The average Bonchev–Trinajstić information content (AvgIpc) is 2.71. The van der Waals surface area contributed by atoms with Crippen molar-refractivity contribution in [1.29, 1.82) is 0 Å². The maximum absolute atomic E-state index is 2.30. The lowest BCUT2D eigenvalue weighted by molar-refractivity contribution is 0.532. The quantitative estimate of drug-likeness (QED) is 0.0968. The largest absolute Gasteiger partial charge is 0.0817 e. The second-order valence-electron chi connectivity index (χ2n) is 8.14. The average molecular weight is 467 g/mol. The lowest BCUT2D eigenvalue weighted by atomic mass is 10.0. The molecule has 0 rings (SSSR count). The highest BCUT2D eigenvalue weighted by molar-refractivity contribution is 9.26. The lowest BCUT2D eigenvalue weighted by Gasteiger charge is -2.04. The molecule has 0 aromatic rings. The van der Waals surface area contributed by atoms with Crippen LogP contribution in [0.25, 0.3) is 0 Å². The van der Waals surface area contributed by atoms with Crippen LogP contribution in [0.3, 0.4) is 0 Å². The molecule has 0 spiro atoms. The van der Waals surface area contributed by atoms with Gasteiger partial charge in [-0.3, -0.25) is 0 Å². The van der Waals surface area contributed by atoms with E-state index in [-0.39, 0.29) is 0 Å². The van der Waals surface area contributed by atoms with Crippen molar-refractivity contribution >= 4 is 41.2 Å². The van der Waals surface area contributed by atoms with Crippen LogP contribution < -0.4 is 0 Å². The third kappa shape index (κ3) is 27.4. The fourth-order valence-electron chi connectivity index (χ4n) is 3.40. The first kappa shape index (κ1) is 29.4. The zero-order valence-corrected chi connectivity index (χ0v) is 22.5. The summed E-state index contributed by atoms with van der Waals surface area (Å²) in [6.45, 7) is 4.59. The van der Waals surface area contributed by atoms with Gasteiger partial charge in [0.05, 0.1) is 0 Å². The van der Waals surface area contributed by atoms with Crippen molar-refractivity contribution in [2.75, 3.05) is 11.5 Å². The van der Waals surface area contributed by atoms with Gasteiger partial charge in [0.15, 0.2) is 0 Å². The topological polar surface area (TPSA) is 0 Å². The van der Waals surface area contributed by atoms with Crippen LogP contribution in [0.15, 0.2) is 0 Å². The second-order valence-corrected chi connectivity index (χ2v) is 14.4. The van der Waals surface area contributed by atoms with E-state index in [4.69, 9.17) is 0 Å². The Morgan fingerprint density at radius 1 is 0.321 bits per heavy atom. The van der Waals surface area contributed by atoms with Crippen molar-refractivity contribution in [3.8, 4) is 0 Å². The van der Waals surface area contributed by atoms with Gasteiger partial charge in [-0.1, -0.05) is 151 Å². The van der Waals surface area contributed by atoms with Crippen molar-refractivity contribution in [2.45, 2.75) is 142 Å². The van der Waals surface area contributed by atoms with E-state index in [0.29, 0.717) is 0 Å². The normalized spacial score (nSPS) is 11.4. The van der Waals surface area contributed by atoms with Crippen LogP contribution in [0.4, 0.5) is 0 Å². The third-order valence-corrected chi connectivity index (χ3v) is 11.9. The summed E-state index contributed by atoms with van der Waals surface area (Å²) in [5.74, 6) is 2.67. The number of hydrogen-bond acceptors (Lipinski definition) is 4. The molecule has 0 unspecified atom stereocenters. The molecular weight excluding hydrogens is 417 g/mol. The van der Waals surface area contributed by atoms with Gasteiger partial charge in [-0.05, 0) is 32.5 Å². The molecular formula is C24H50S4. The Morgan fingerprint density at radius 3 is 0.893 bits per heavy atom. The summed E-state index contributed by atoms with van der Waals surface area (Å²) in [6, 6.07) is 0. The summed E-state index contributed by atoms with van der Waals surface area (Å²) in [4.78, 5) is 0. The minimum Gasteiger partial charge on any atom is -0.0817 e. The second kappa shape index (κ2) is 28.4. The van der Waals surface area contributed by atoms with Crippen molar-refractivity contribution in [3.05, 3.63) is 0 Å². The zero-order chi connectivity index (χ0) is 20.4. The van der Waals surface area contributed by atoms with Gasteiger partial charge in [-0.2, -0.15) is 0 Å². The molecule has 0 radical (unpaired) electrons. The molecule has 4 heteroatoms. The summed E-state index contributed by atoms with van der Waals surface area (Å²) in [5, 5.41) is 0. The minimum atomic E-state index is 1.33. The Labute approximate surface area is 194 Å². The third-order valence-electron chi connectivity index (χ3n) is 5.29. The van der Waals surface area contributed by atoms with E-state index in [9.17, 15) is 0 Å². The molecule has 0 aliphatic carbocycles. The van der Waals surface area contributed by atoms with Gasteiger partial charge in [-0.25, -0.2) is 0 Å². The standard InChI is InChI=1S/C24H50S4/c1-3-5-7-9-10-11-12-13-14-15-16-17-18-19-20-22-24-26-28-27-25-23-21-8-6-4-2/h3-24H2,1-2H3. The Hall–Kier alpha value is 1.40. The Morgan fingerprint density at radius 2 is 0.571 bits per heavy atom. The van der Waals surface area contributed by atoms with Crippen molar-refractivity contribution in [2.24, 2.45) is 0 Å². The molecule has 0 aliphatic heterocycles. The molecule has 0 aliphatic rings. The molecule has 0 saturated heterocycles. The summed E-state index contributed by atoms with van der Waals surface area (Å²) in [5.41, 5.74) is 0. The maximum Gasteiger partial charge on any atom is 0.00454 e. The minimum absolute atomic E-state index is 1.33. The Kier molecular flexibility index (Phi) is 29.8. The fraction of sp³-hybridized carbons (Fsp3) is 1.00. The highest BCUT2D eigenvalue weighted by Crippen LogP contribution is 2.43. The Balaban J connectivity index is 2.96. The molecule has 0 saturated carbocycles. The van der Waals surface area contributed by atoms with Gasteiger partial charge >= 0.3 is 0 Å². The molecule has 0 aromatic heterocycles. The molecule has 0 aromatic carbocycles. The van der Waals surface area contributed by atoms with Gasteiger partial charge in [0.1, 0.15) is 0 Å². The predicted octanol–water partition coefficient (Wildman–Crippen LogP) is 11.5. The van der Waals surface area contributed by atoms with Crippen LogP contribution in [-0.4, -0.2) is 11.5 Å². The number of hydrogen-bond donors (Lipinski definition) is 0. The Bertz CT molecular complexity index is 235. The molecule has 0 fully saturated rings. The van der Waals surface area contributed by atoms with E-state index in [1.54, 1.807) is 0 Å². The van der Waals surface area contributed by atoms with E-state index < -0.39 is 0 Å². The molecule has 170 valence electrons. The van der Waals surface area contributed by atoms with Gasteiger partial charge in [0, 0.05) is 11.5 Å². The maximum atomic E-state index is 2.30. The number of unbranched alkanes of at least 4 members (excludes halogenated alkanes) is 18. The first-order valence-electron chi connectivity index (χ1n) is 12.5. The van der Waals surface area contributed by atoms with Gasteiger partial charge in [0.25, 0.3) is 0 Å². The van der Waals surface area contributed by atoms with E-state index >= 15 is 0 Å². The predicted molar refractivity (Wildman–Crippen MR) is 144 cm³/mol. The van der Waals surface area contributed by atoms with Gasteiger partial charge in [0.2, 0.25) is 0 Å². The SMILES string of the molecule is CCCCCCCCCCCCCCCCCCSSSSCCCCCC. The fourth-order valence-corrected chi connectivity index (χ4v) is 9.67. The van der Waals surface area contributed by atoms with Crippen LogP contribution in [-0.2, 0) is 0 Å². The summed E-state index contributed by atoms with van der Waals surface area (Å²) >= 11 is 0. The van der Waals surface area contributed by atoms with Crippen molar-refractivity contribution in [3.63, 3.8) is 0 Å². The molecule has 0 amide bonds. The molecule has 0 heterocycles. The van der Waals surface area contributed by atoms with Gasteiger partial charge in [-0.15, -0.1) is 0 Å². The van der Waals surface area contributed by atoms with Gasteiger partial charge < -0.3 is 0 Å². The van der Waals surface area contributed by atoms with Crippen molar-refractivity contribution in [1.82, 2.24) is 0 Å². The van der Waals surface area contributed by atoms with Crippen LogP contribution in [0.5, 0.6) is 0 Å². The van der Waals surface area contributed by atoms with Crippen LogP contribution in [0.1, 0.15) is 142 Å². The summed E-state index contributed by atoms with van der Waals surface area (Å²) in [7, 11) is 8.12. The lowest BCUT2D eigenvalue weighted by Crippen LogP contribution is -1.84. The van der Waals surface area contributed by atoms with E-state index in [0.717, 1.165) is 0 Å². The van der Waals surface area contributed by atoms with Crippen molar-refractivity contribution < 1.29 is 0 Å². The van der Waals surface area contributed by atoms with E-state index in [1.165, 1.54) is 140 Å². The van der Waals surface area contributed by atoms with Crippen LogP contribution in [0.2, 0.25) is 0 Å². The molecule has 0 nitrogen and oxygen atoms in total. The van der Waals surface area contributed by atoms with E-state index in [2.05, 4.69) is 35.4 Å². The molecule has 0 bridgehead atoms. The molecule has 0 N–H and O–H groups in total. The first-order valence-corrected chi connectivity index (χ1v) is 17.6. The highest BCUT2D eigenvalue weighted by Gasteiger charge is 1.96.